The molecule has 1 N–H and O–H groups in total. The fourth-order valence-corrected chi connectivity index (χ4v) is 2.20. The average molecular weight is 223 g/mol. The van der Waals surface area contributed by atoms with Crippen LogP contribution in [-0.4, -0.2) is 16.2 Å². The van der Waals surface area contributed by atoms with Crippen molar-refractivity contribution in [3.05, 3.63) is 28.8 Å². The van der Waals surface area contributed by atoms with Gasteiger partial charge < -0.3 is 9.63 Å². The first kappa shape index (κ1) is 9.92. The fourth-order valence-electron chi connectivity index (χ4n) is 1.26. The molecule has 15 heavy (non-hydrogen) atoms. The smallest absolute Gasteiger partial charge is 0.341 e. The van der Waals surface area contributed by atoms with Crippen LogP contribution >= 0.6 is 11.3 Å². The highest BCUT2D eigenvalue weighted by atomic mass is 32.1. The van der Waals surface area contributed by atoms with E-state index in [0.29, 0.717) is 5.76 Å². The predicted octanol–water partition coefficient (Wildman–Crippen LogP) is 2.66. The SMILES string of the molecule is CCc1ccc(-c2oncc2C(=O)O)s1. The van der Waals surface area contributed by atoms with Crippen molar-refractivity contribution < 1.29 is 14.4 Å². The highest BCUT2D eigenvalue weighted by Gasteiger charge is 2.18. The third-order valence-corrected chi connectivity index (χ3v) is 3.26. The lowest BCUT2D eigenvalue weighted by Crippen LogP contribution is -1.94. The fraction of sp³-hybridized carbons (Fsp3) is 0.200. The Labute approximate surface area is 90.1 Å². The number of hydrogen-bond acceptors (Lipinski definition) is 4. The molecule has 0 amide bonds. The molecule has 0 saturated carbocycles. The topological polar surface area (TPSA) is 63.3 Å². The summed E-state index contributed by atoms with van der Waals surface area (Å²) in [6.07, 6.45) is 2.16. The van der Waals surface area contributed by atoms with E-state index in [2.05, 4.69) is 5.16 Å². The number of aromatic nitrogens is 1. The normalized spacial score (nSPS) is 10.5. The third-order valence-electron chi connectivity index (χ3n) is 2.03. The summed E-state index contributed by atoms with van der Waals surface area (Å²) in [4.78, 5) is 12.8. The van der Waals surface area contributed by atoms with Crippen LogP contribution in [0.3, 0.4) is 0 Å². The summed E-state index contributed by atoms with van der Waals surface area (Å²) < 4.78 is 4.95. The minimum Gasteiger partial charge on any atom is -0.477 e. The van der Waals surface area contributed by atoms with Crippen LogP contribution in [0.5, 0.6) is 0 Å². The molecule has 4 nitrogen and oxygen atoms in total. The molecule has 2 heterocycles. The molecule has 2 rings (SSSR count). The van der Waals surface area contributed by atoms with E-state index in [1.807, 2.05) is 19.1 Å². The molecule has 0 aliphatic rings. The van der Waals surface area contributed by atoms with Crippen molar-refractivity contribution in [2.75, 3.05) is 0 Å². The number of aromatic carboxylic acids is 1. The van der Waals surface area contributed by atoms with Crippen LogP contribution in [0.1, 0.15) is 22.2 Å². The molecule has 0 spiro atoms. The van der Waals surface area contributed by atoms with Gasteiger partial charge in [0.15, 0.2) is 5.76 Å². The van der Waals surface area contributed by atoms with Gasteiger partial charge in [-0.1, -0.05) is 12.1 Å². The quantitative estimate of drug-likeness (QED) is 0.868. The summed E-state index contributed by atoms with van der Waals surface area (Å²) in [5.74, 6) is -0.676. The Morgan fingerprint density at radius 3 is 3.00 bits per heavy atom. The number of hydrogen-bond donors (Lipinski definition) is 1. The summed E-state index contributed by atoms with van der Waals surface area (Å²) >= 11 is 1.53. The van der Waals surface area contributed by atoms with Gasteiger partial charge in [0, 0.05) is 4.88 Å². The van der Waals surface area contributed by atoms with E-state index in [-0.39, 0.29) is 5.56 Å². The molecule has 0 aliphatic heterocycles. The molecule has 0 aromatic carbocycles. The van der Waals surface area contributed by atoms with Gasteiger partial charge in [0.05, 0.1) is 11.1 Å². The van der Waals surface area contributed by atoms with Gasteiger partial charge in [-0.15, -0.1) is 11.3 Å². The van der Waals surface area contributed by atoms with Crippen molar-refractivity contribution in [1.82, 2.24) is 5.16 Å². The number of aryl methyl sites for hydroxylation is 1. The van der Waals surface area contributed by atoms with E-state index < -0.39 is 5.97 Å². The van der Waals surface area contributed by atoms with Gasteiger partial charge >= 0.3 is 5.97 Å². The van der Waals surface area contributed by atoms with Crippen molar-refractivity contribution in [1.29, 1.82) is 0 Å². The van der Waals surface area contributed by atoms with Crippen LogP contribution in [-0.2, 0) is 6.42 Å². The van der Waals surface area contributed by atoms with E-state index in [9.17, 15) is 4.79 Å². The van der Waals surface area contributed by atoms with Crippen molar-refractivity contribution in [2.45, 2.75) is 13.3 Å². The molecule has 0 atom stereocenters. The van der Waals surface area contributed by atoms with Crippen molar-refractivity contribution in [3.63, 3.8) is 0 Å². The zero-order valence-electron chi connectivity index (χ0n) is 8.06. The molecule has 0 radical (unpaired) electrons. The van der Waals surface area contributed by atoms with Gasteiger partial charge in [-0.3, -0.25) is 0 Å². The zero-order chi connectivity index (χ0) is 10.8. The van der Waals surface area contributed by atoms with Crippen LogP contribution in [0.15, 0.2) is 22.9 Å². The molecular weight excluding hydrogens is 214 g/mol. The number of rotatable bonds is 3. The maximum absolute atomic E-state index is 10.8. The summed E-state index contributed by atoms with van der Waals surface area (Å²) in [6, 6.07) is 3.82. The Balaban J connectivity index is 2.44. The Bertz CT molecular complexity index is 486. The lowest BCUT2D eigenvalue weighted by molar-refractivity contribution is 0.0697. The molecule has 2 aromatic heterocycles. The Kier molecular flexibility index (Phi) is 2.55. The molecule has 2 aromatic rings. The van der Waals surface area contributed by atoms with Gasteiger partial charge in [0.25, 0.3) is 0 Å². The van der Waals surface area contributed by atoms with E-state index in [1.54, 1.807) is 0 Å². The second kappa shape index (κ2) is 3.86. The van der Waals surface area contributed by atoms with Gasteiger partial charge in [-0.25, -0.2) is 4.79 Å². The Hall–Kier alpha value is -1.62. The highest BCUT2D eigenvalue weighted by Crippen LogP contribution is 2.30. The predicted molar refractivity (Wildman–Crippen MR) is 56.2 cm³/mol. The van der Waals surface area contributed by atoms with Crippen molar-refractivity contribution in [2.24, 2.45) is 0 Å². The molecule has 78 valence electrons. The van der Waals surface area contributed by atoms with Gasteiger partial charge in [-0.2, -0.15) is 0 Å². The maximum atomic E-state index is 10.8. The molecule has 0 fully saturated rings. The van der Waals surface area contributed by atoms with Gasteiger partial charge in [0.1, 0.15) is 5.56 Å². The lowest BCUT2D eigenvalue weighted by atomic mass is 10.2. The van der Waals surface area contributed by atoms with Crippen molar-refractivity contribution in [3.8, 4) is 10.6 Å². The van der Waals surface area contributed by atoms with Crippen LogP contribution in [0.4, 0.5) is 0 Å². The summed E-state index contributed by atoms with van der Waals surface area (Å²) in [7, 11) is 0. The average Bonchev–Trinajstić information content (AvgIpc) is 2.85. The number of carboxylic acids is 1. The first-order valence-corrected chi connectivity index (χ1v) is 5.31. The Morgan fingerprint density at radius 2 is 2.40 bits per heavy atom. The largest absolute Gasteiger partial charge is 0.477 e. The molecular formula is C10H9NO3S. The van der Waals surface area contributed by atoms with Crippen LogP contribution in [0, 0.1) is 0 Å². The number of carboxylic acid groups (broad SMARTS) is 1. The molecule has 0 bridgehead atoms. The van der Waals surface area contributed by atoms with Gasteiger partial charge in [0.2, 0.25) is 0 Å². The molecule has 0 aliphatic carbocycles. The summed E-state index contributed by atoms with van der Waals surface area (Å²) in [6.45, 7) is 2.05. The van der Waals surface area contributed by atoms with E-state index >= 15 is 0 Å². The second-order valence-corrected chi connectivity index (χ2v) is 4.16. The Morgan fingerprint density at radius 1 is 1.60 bits per heavy atom. The lowest BCUT2D eigenvalue weighted by Gasteiger charge is -1.91. The van der Waals surface area contributed by atoms with Crippen LogP contribution in [0.25, 0.3) is 10.6 Å². The molecule has 0 saturated heterocycles. The van der Waals surface area contributed by atoms with E-state index in [0.717, 1.165) is 11.3 Å². The number of carbonyl (C=O) groups is 1. The minimum atomic E-state index is -1.02. The second-order valence-electron chi connectivity index (χ2n) is 2.99. The van der Waals surface area contributed by atoms with Gasteiger partial charge in [-0.05, 0) is 18.6 Å². The highest BCUT2D eigenvalue weighted by molar-refractivity contribution is 7.15. The van der Waals surface area contributed by atoms with E-state index in [1.165, 1.54) is 22.4 Å². The number of thiophene rings is 1. The first-order valence-electron chi connectivity index (χ1n) is 4.49. The zero-order valence-corrected chi connectivity index (χ0v) is 8.87. The molecule has 5 heteroatoms. The van der Waals surface area contributed by atoms with Crippen LogP contribution < -0.4 is 0 Å². The minimum absolute atomic E-state index is 0.111. The van der Waals surface area contributed by atoms with Crippen LogP contribution in [0.2, 0.25) is 0 Å². The molecule has 0 unspecified atom stereocenters. The standard InChI is InChI=1S/C10H9NO3S/c1-2-6-3-4-8(15-6)9-7(10(12)13)5-11-14-9/h3-5H,2H2,1H3,(H,12,13). The van der Waals surface area contributed by atoms with Crippen molar-refractivity contribution >= 4 is 17.3 Å². The summed E-state index contributed by atoms with van der Waals surface area (Å²) in [5.41, 5.74) is 0.111. The number of nitrogens with zero attached hydrogens (tertiary/aromatic N) is 1. The third kappa shape index (κ3) is 1.78. The maximum Gasteiger partial charge on any atom is 0.341 e. The first-order chi connectivity index (χ1) is 7.22. The summed E-state index contributed by atoms with van der Waals surface area (Å²) in [5, 5.41) is 12.4. The monoisotopic (exact) mass is 223 g/mol. The van der Waals surface area contributed by atoms with E-state index in [4.69, 9.17) is 9.63 Å².